The maximum absolute atomic E-state index is 5.12. The van der Waals surface area contributed by atoms with Crippen molar-refractivity contribution < 1.29 is 0 Å². The molecule has 0 aliphatic rings. The van der Waals surface area contributed by atoms with Gasteiger partial charge in [0.2, 0.25) is 5.95 Å². The molecule has 0 radical (unpaired) electrons. The second-order valence-corrected chi connectivity index (χ2v) is 12.5. The number of rotatable bonds is 5. The highest BCUT2D eigenvalue weighted by atomic mass is 15.2. The van der Waals surface area contributed by atoms with Crippen LogP contribution in [0.3, 0.4) is 0 Å². The highest BCUT2D eigenvalue weighted by Crippen LogP contribution is 2.41. The SMILES string of the molecule is c1ccc(-c2nc(-c3ccccc3)nc(-n3c4ccccc4c4c(-c5ccc6c(c5)c5ccccc5n6-c5ccccc5)cccc43)n2)cc1. The molecule has 0 atom stereocenters. The fourth-order valence-corrected chi connectivity index (χ4v) is 7.37. The zero-order chi connectivity index (χ0) is 33.0. The van der Waals surface area contributed by atoms with Crippen LogP contribution < -0.4 is 0 Å². The van der Waals surface area contributed by atoms with Crippen molar-refractivity contribution in [1.29, 1.82) is 0 Å². The summed E-state index contributed by atoms with van der Waals surface area (Å²) in [5.74, 6) is 1.86. The quantitative estimate of drug-likeness (QED) is 0.188. The molecule has 5 heteroatoms. The van der Waals surface area contributed by atoms with Gasteiger partial charge in [0, 0.05) is 38.4 Å². The molecule has 3 aromatic heterocycles. The third-order valence-corrected chi connectivity index (χ3v) is 9.58. The van der Waals surface area contributed by atoms with Crippen molar-refractivity contribution in [3.8, 4) is 45.5 Å². The normalized spacial score (nSPS) is 11.6. The van der Waals surface area contributed by atoms with Crippen molar-refractivity contribution in [2.24, 2.45) is 0 Å². The Morgan fingerprint density at radius 1 is 0.340 bits per heavy atom. The zero-order valence-corrected chi connectivity index (χ0v) is 27.0. The molecule has 3 heterocycles. The van der Waals surface area contributed by atoms with Crippen LogP contribution in [-0.2, 0) is 0 Å². The van der Waals surface area contributed by atoms with Gasteiger partial charge in [0.05, 0.1) is 22.1 Å². The molecule has 0 amide bonds. The van der Waals surface area contributed by atoms with E-state index in [2.05, 4.69) is 124 Å². The highest BCUT2D eigenvalue weighted by molar-refractivity contribution is 6.17. The topological polar surface area (TPSA) is 48.5 Å². The summed E-state index contributed by atoms with van der Waals surface area (Å²) in [6.07, 6.45) is 0. The van der Waals surface area contributed by atoms with Gasteiger partial charge in [0.15, 0.2) is 11.6 Å². The lowest BCUT2D eigenvalue weighted by molar-refractivity contribution is 0.953. The van der Waals surface area contributed by atoms with Crippen molar-refractivity contribution in [1.82, 2.24) is 24.1 Å². The molecule has 10 aromatic rings. The van der Waals surface area contributed by atoms with Gasteiger partial charge in [-0.2, -0.15) is 9.97 Å². The number of hydrogen-bond donors (Lipinski definition) is 0. The summed E-state index contributed by atoms with van der Waals surface area (Å²) in [7, 11) is 0. The third-order valence-electron chi connectivity index (χ3n) is 9.58. The van der Waals surface area contributed by atoms with E-state index in [4.69, 9.17) is 15.0 Å². The Morgan fingerprint density at radius 3 is 1.56 bits per heavy atom. The van der Waals surface area contributed by atoms with Crippen LogP contribution in [0.25, 0.3) is 89.2 Å². The van der Waals surface area contributed by atoms with Crippen molar-refractivity contribution >= 4 is 43.6 Å². The Bertz CT molecular complexity index is 2800. The number of nitrogens with zero attached hydrogens (tertiary/aromatic N) is 5. The van der Waals surface area contributed by atoms with Crippen molar-refractivity contribution in [3.05, 3.63) is 176 Å². The van der Waals surface area contributed by atoms with Crippen LogP contribution >= 0.6 is 0 Å². The van der Waals surface area contributed by atoms with Gasteiger partial charge in [0.1, 0.15) is 0 Å². The van der Waals surface area contributed by atoms with Crippen molar-refractivity contribution in [3.63, 3.8) is 0 Å². The smallest absolute Gasteiger partial charge is 0.238 e. The van der Waals surface area contributed by atoms with Crippen LogP contribution in [0.15, 0.2) is 176 Å². The second kappa shape index (κ2) is 11.4. The zero-order valence-electron chi connectivity index (χ0n) is 27.0. The minimum atomic E-state index is 0.586. The molecular weight excluding hydrogens is 611 g/mol. The number of para-hydroxylation sites is 3. The molecule has 0 spiro atoms. The number of fused-ring (bicyclic) bond motifs is 6. The van der Waals surface area contributed by atoms with Gasteiger partial charge < -0.3 is 4.57 Å². The van der Waals surface area contributed by atoms with Crippen LogP contribution in [0, 0.1) is 0 Å². The fraction of sp³-hybridized carbons (Fsp3) is 0. The monoisotopic (exact) mass is 639 g/mol. The largest absolute Gasteiger partial charge is 0.309 e. The van der Waals surface area contributed by atoms with E-state index in [9.17, 15) is 0 Å². The Hall–Kier alpha value is -6.85. The molecule has 50 heavy (non-hydrogen) atoms. The minimum absolute atomic E-state index is 0.586. The molecule has 0 fully saturated rings. The van der Waals surface area contributed by atoms with Crippen LogP contribution in [0.4, 0.5) is 0 Å². The van der Waals surface area contributed by atoms with E-state index in [-0.39, 0.29) is 0 Å². The van der Waals surface area contributed by atoms with Gasteiger partial charge in [-0.15, -0.1) is 0 Å². The first kappa shape index (κ1) is 28.2. The van der Waals surface area contributed by atoms with Crippen molar-refractivity contribution in [2.45, 2.75) is 0 Å². The van der Waals surface area contributed by atoms with Crippen LogP contribution in [0.1, 0.15) is 0 Å². The third kappa shape index (κ3) is 4.45. The molecule has 5 nitrogen and oxygen atoms in total. The van der Waals surface area contributed by atoms with Crippen LogP contribution in [0.2, 0.25) is 0 Å². The van der Waals surface area contributed by atoms with Gasteiger partial charge in [-0.3, -0.25) is 4.57 Å². The maximum atomic E-state index is 5.12. The lowest BCUT2D eigenvalue weighted by Gasteiger charge is -2.11. The van der Waals surface area contributed by atoms with E-state index in [0.29, 0.717) is 17.6 Å². The van der Waals surface area contributed by atoms with E-state index >= 15 is 0 Å². The average Bonchev–Trinajstić information content (AvgIpc) is 3.71. The summed E-state index contributed by atoms with van der Waals surface area (Å²) >= 11 is 0. The van der Waals surface area contributed by atoms with E-state index < -0.39 is 0 Å². The summed E-state index contributed by atoms with van der Waals surface area (Å²) < 4.78 is 4.55. The van der Waals surface area contributed by atoms with Crippen LogP contribution in [0.5, 0.6) is 0 Å². The molecule has 0 aliphatic carbocycles. The van der Waals surface area contributed by atoms with Gasteiger partial charge >= 0.3 is 0 Å². The Labute approximate surface area is 288 Å². The predicted molar refractivity (Wildman–Crippen MR) is 205 cm³/mol. The van der Waals surface area contributed by atoms with E-state index in [1.807, 2.05) is 60.7 Å². The lowest BCUT2D eigenvalue weighted by Crippen LogP contribution is -2.06. The molecule has 0 aliphatic heterocycles. The number of aromatic nitrogens is 5. The average molecular weight is 640 g/mol. The first-order valence-electron chi connectivity index (χ1n) is 16.8. The molecule has 234 valence electrons. The standard InChI is InChI=1S/C45H29N5/c1-4-15-30(16-5-1)43-46-44(31-17-6-2-7-18-31)48-45(47-43)50-39-25-13-11-22-36(39)42-34(23-14-26-41(42)50)32-27-28-40-37(29-32)35-21-10-12-24-38(35)49(40)33-19-8-3-9-20-33/h1-29H. The Kier molecular flexibility index (Phi) is 6.42. The lowest BCUT2D eigenvalue weighted by atomic mass is 9.98. The van der Waals surface area contributed by atoms with E-state index in [1.54, 1.807) is 0 Å². The summed E-state index contributed by atoms with van der Waals surface area (Å²) in [5.41, 5.74) is 9.82. The molecule has 7 aromatic carbocycles. The predicted octanol–water partition coefficient (Wildman–Crippen LogP) is 11.1. The Balaban J connectivity index is 1.23. The number of benzene rings is 7. The van der Waals surface area contributed by atoms with E-state index in [0.717, 1.165) is 49.7 Å². The highest BCUT2D eigenvalue weighted by Gasteiger charge is 2.21. The molecule has 0 saturated heterocycles. The van der Waals surface area contributed by atoms with Crippen molar-refractivity contribution in [2.75, 3.05) is 0 Å². The van der Waals surface area contributed by atoms with Gasteiger partial charge in [-0.05, 0) is 53.6 Å². The number of hydrogen-bond acceptors (Lipinski definition) is 3. The Morgan fingerprint density at radius 2 is 0.880 bits per heavy atom. The van der Waals surface area contributed by atoms with Gasteiger partial charge in [0.25, 0.3) is 0 Å². The van der Waals surface area contributed by atoms with Gasteiger partial charge in [-0.1, -0.05) is 133 Å². The van der Waals surface area contributed by atoms with Gasteiger partial charge in [-0.25, -0.2) is 4.98 Å². The maximum Gasteiger partial charge on any atom is 0.238 e. The molecular formula is C45H29N5. The summed E-state index contributed by atoms with van der Waals surface area (Å²) in [6.45, 7) is 0. The molecule has 0 N–H and O–H groups in total. The molecule has 10 rings (SSSR count). The van der Waals surface area contributed by atoms with Crippen LogP contribution in [-0.4, -0.2) is 24.1 Å². The minimum Gasteiger partial charge on any atom is -0.309 e. The first-order chi connectivity index (χ1) is 24.8. The molecule has 0 unspecified atom stereocenters. The fourth-order valence-electron chi connectivity index (χ4n) is 7.37. The van der Waals surface area contributed by atoms with E-state index in [1.165, 1.54) is 21.8 Å². The summed E-state index contributed by atoms with van der Waals surface area (Å²) in [4.78, 5) is 15.2. The summed E-state index contributed by atoms with van der Waals surface area (Å²) in [6, 6.07) is 61.5. The molecule has 0 bridgehead atoms. The molecule has 0 saturated carbocycles. The second-order valence-electron chi connectivity index (χ2n) is 12.5. The first-order valence-corrected chi connectivity index (χ1v) is 16.8. The summed E-state index contributed by atoms with van der Waals surface area (Å²) in [5, 5.41) is 4.76.